The maximum absolute atomic E-state index is 13.0. The van der Waals surface area contributed by atoms with E-state index >= 15 is 0 Å². The van der Waals surface area contributed by atoms with Crippen molar-refractivity contribution in [2.45, 2.75) is 36.6 Å². The van der Waals surface area contributed by atoms with Crippen molar-refractivity contribution in [3.63, 3.8) is 0 Å². The van der Waals surface area contributed by atoms with Crippen LogP contribution in [0.25, 0.3) is 0 Å². The van der Waals surface area contributed by atoms with Crippen LogP contribution < -0.4 is 5.32 Å². The van der Waals surface area contributed by atoms with E-state index in [1.54, 1.807) is 69.3 Å². The fourth-order valence-electron chi connectivity index (χ4n) is 2.13. The highest BCUT2D eigenvalue weighted by molar-refractivity contribution is 7.91. The number of ether oxygens (including phenoxy) is 1. The van der Waals surface area contributed by atoms with Gasteiger partial charge in [-0.05, 0) is 38.5 Å². The molecule has 1 amide bonds. The van der Waals surface area contributed by atoms with Gasteiger partial charge in [-0.25, -0.2) is 13.2 Å². The molecule has 0 spiro atoms. The van der Waals surface area contributed by atoms with Crippen molar-refractivity contribution < 1.29 is 17.9 Å². The molecule has 0 bridgehead atoms. The molecule has 0 saturated carbocycles. The topological polar surface area (TPSA) is 72.5 Å². The molecule has 1 atom stereocenters. The molecule has 128 valence electrons. The molecule has 0 aliphatic rings. The first-order valence-corrected chi connectivity index (χ1v) is 9.08. The van der Waals surface area contributed by atoms with E-state index in [0.717, 1.165) is 0 Å². The van der Waals surface area contributed by atoms with Crippen LogP contribution in [0, 0.1) is 0 Å². The Morgan fingerprint density at radius 3 is 1.96 bits per heavy atom. The number of carbonyl (C=O) groups excluding carboxylic acids is 1. The lowest BCUT2D eigenvalue weighted by molar-refractivity contribution is 0.0519. The van der Waals surface area contributed by atoms with Crippen molar-refractivity contribution in [3.8, 4) is 0 Å². The van der Waals surface area contributed by atoms with Crippen molar-refractivity contribution in [3.05, 3.63) is 66.2 Å². The first kappa shape index (κ1) is 18.0. The second-order valence-corrected chi connectivity index (χ2v) is 8.33. The highest BCUT2D eigenvalue weighted by Crippen LogP contribution is 2.27. The van der Waals surface area contributed by atoms with Crippen LogP contribution in [0.4, 0.5) is 4.79 Å². The molecule has 2 aromatic rings. The van der Waals surface area contributed by atoms with E-state index in [1.165, 1.54) is 12.1 Å². The number of hydrogen-bond acceptors (Lipinski definition) is 4. The number of alkyl carbamates (subject to hydrolysis) is 1. The molecule has 1 N–H and O–H groups in total. The van der Waals surface area contributed by atoms with Gasteiger partial charge in [0.2, 0.25) is 9.84 Å². The molecule has 5 nitrogen and oxygen atoms in total. The molecule has 6 heteroatoms. The van der Waals surface area contributed by atoms with Crippen molar-refractivity contribution in [1.29, 1.82) is 0 Å². The van der Waals surface area contributed by atoms with E-state index in [4.69, 9.17) is 4.74 Å². The van der Waals surface area contributed by atoms with Crippen molar-refractivity contribution in [2.75, 3.05) is 0 Å². The molecule has 0 heterocycles. The van der Waals surface area contributed by atoms with Crippen LogP contribution >= 0.6 is 0 Å². The largest absolute Gasteiger partial charge is 0.444 e. The number of sulfone groups is 1. The van der Waals surface area contributed by atoms with Crippen LogP contribution in [0.3, 0.4) is 0 Å². The Morgan fingerprint density at radius 2 is 1.46 bits per heavy atom. The summed E-state index contributed by atoms with van der Waals surface area (Å²) in [4.78, 5) is 12.3. The number of nitrogens with one attached hydrogen (secondary N) is 1. The van der Waals surface area contributed by atoms with Crippen LogP contribution in [0.2, 0.25) is 0 Å². The molecule has 0 saturated heterocycles. The highest BCUT2D eigenvalue weighted by atomic mass is 32.2. The summed E-state index contributed by atoms with van der Waals surface area (Å²) < 4.78 is 31.1. The number of carbonyl (C=O) groups is 1. The Hall–Kier alpha value is -2.34. The number of benzene rings is 2. The molecule has 0 aromatic heterocycles. The third-order valence-corrected chi connectivity index (χ3v) is 5.07. The van der Waals surface area contributed by atoms with Crippen LogP contribution in [0.1, 0.15) is 31.7 Å². The third-order valence-electron chi connectivity index (χ3n) is 3.13. The molecule has 0 fully saturated rings. The Labute approximate surface area is 142 Å². The average Bonchev–Trinajstić information content (AvgIpc) is 2.52. The lowest BCUT2D eigenvalue weighted by atomic mass is 10.2. The minimum atomic E-state index is -3.82. The van der Waals surface area contributed by atoms with Gasteiger partial charge in [-0.1, -0.05) is 48.5 Å². The molecule has 0 aliphatic heterocycles. The number of amides is 1. The maximum Gasteiger partial charge on any atom is 0.408 e. The third kappa shape index (κ3) is 4.58. The van der Waals surface area contributed by atoms with Gasteiger partial charge < -0.3 is 10.1 Å². The Morgan fingerprint density at radius 1 is 0.958 bits per heavy atom. The monoisotopic (exact) mass is 347 g/mol. The Balaban J connectivity index is 2.39. The predicted molar refractivity (Wildman–Crippen MR) is 92.2 cm³/mol. The van der Waals surface area contributed by atoms with Crippen molar-refractivity contribution in [1.82, 2.24) is 5.32 Å². The fourth-order valence-corrected chi connectivity index (χ4v) is 3.70. The summed E-state index contributed by atoms with van der Waals surface area (Å²) in [6.07, 6.45) is -0.782. The van der Waals surface area contributed by atoms with E-state index in [2.05, 4.69) is 5.32 Å². The second-order valence-electron chi connectivity index (χ2n) is 6.30. The van der Waals surface area contributed by atoms with Gasteiger partial charge >= 0.3 is 6.09 Å². The maximum atomic E-state index is 13.0. The molecule has 0 radical (unpaired) electrons. The van der Waals surface area contributed by atoms with Gasteiger partial charge in [-0.2, -0.15) is 0 Å². The number of rotatable bonds is 4. The zero-order valence-electron chi connectivity index (χ0n) is 13.9. The summed E-state index contributed by atoms with van der Waals surface area (Å²) in [6, 6.07) is 16.6. The van der Waals surface area contributed by atoms with Gasteiger partial charge in [0.25, 0.3) is 0 Å². The van der Waals surface area contributed by atoms with E-state index in [0.29, 0.717) is 5.56 Å². The van der Waals surface area contributed by atoms with Gasteiger partial charge in [-0.15, -0.1) is 0 Å². The van der Waals surface area contributed by atoms with E-state index in [1.807, 2.05) is 0 Å². The normalized spacial score (nSPS) is 13.1. The SMILES string of the molecule is CC(C)(C)OC(=O)NC(c1ccccc1)S(=O)(=O)c1ccccc1. The molecule has 0 aliphatic carbocycles. The van der Waals surface area contributed by atoms with Gasteiger partial charge in [0.05, 0.1) is 4.90 Å². The van der Waals surface area contributed by atoms with E-state index in [9.17, 15) is 13.2 Å². The van der Waals surface area contributed by atoms with Crippen LogP contribution in [-0.2, 0) is 14.6 Å². The molecule has 24 heavy (non-hydrogen) atoms. The van der Waals surface area contributed by atoms with Gasteiger partial charge in [0.15, 0.2) is 5.37 Å². The molecular weight excluding hydrogens is 326 g/mol. The summed E-state index contributed by atoms with van der Waals surface area (Å²) in [7, 11) is -3.82. The quantitative estimate of drug-likeness (QED) is 0.915. The predicted octanol–water partition coefficient (Wildman–Crippen LogP) is 3.68. The molecular formula is C18H21NO4S. The fraction of sp³-hybridized carbons (Fsp3) is 0.278. The van der Waals surface area contributed by atoms with Gasteiger partial charge in [0.1, 0.15) is 5.60 Å². The highest BCUT2D eigenvalue weighted by Gasteiger charge is 2.32. The lowest BCUT2D eigenvalue weighted by Gasteiger charge is -2.24. The lowest BCUT2D eigenvalue weighted by Crippen LogP contribution is -2.38. The van der Waals surface area contributed by atoms with Gasteiger partial charge in [-0.3, -0.25) is 0 Å². The Kier molecular flexibility index (Phi) is 5.29. The summed E-state index contributed by atoms with van der Waals surface area (Å²) in [5.41, 5.74) is -0.255. The van der Waals surface area contributed by atoms with Crippen LogP contribution in [0.15, 0.2) is 65.6 Å². The average molecular weight is 347 g/mol. The van der Waals surface area contributed by atoms with Gasteiger partial charge in [0, 0.05) is 0 Å². The first-order valence-electron chi connectivity index (χ1n) is 7.53. The van der Waals surface area contributed by atoms with Crippen LogP contribution in [0.5, 0.6) is 0 Å². The minimum absolute atomic E-state index is 0.134. The van der Waals surface area contributed by atoms with Crippen molar-refractivity contribution >= 4 is 15.9 Å². The first-order chi connectivity index (χ1) is 11.2. The summed E-state index contributed by atoms with van der Waals surface area (Å²) in [6.45, 7) is 5.15. The zero-order valence-corrected chi connectivity index (χ0v) is 14.7. The minimum Gasteiger partial charge on any atom is -0.444 e. The summed E-state index contributed by atoms with van der Waals surface area (Å²) >= 11 is 0. The molecule has 1 unspecified atom stereocenters. The molecule has 2 aromatic carbocycles. The van der Waals surface area contributed by atoms with Crippen LogP contribution in [-0.4, -0.2) is 20.1 Å². The van der Waals surface area contributed by atoms with Crippen molar-refractivity contribution in [2.24, 2.45) is 0 Å². The smallest absolute Gasteiger partial charge is 0.408 e. The Bertz CT molecular complexity index is 781. The van der Waals surface area contributed by atoms with E-state index in [-0.39, 0.29) is 4.90 Å². The summed E-state index contributed by atoms with van der Waals surface area (Å²) in [5, 5.41) is 1.25. The summed E-state index contributed by atoms with van der Waals surface area (Å²) in [5.74, 6) is 0. The molecule has 2 rings (SSSR count). The van der Waals surface area contributed by atoms with E-state index < -0.39 is 26.9 Å². The standard InChI is InChI=1S/C18H21NO4S/c1-18(2,3)23-17(20)19-16(14-10-6-4-7-11-14)24(21,22)15-12-8-5-9-13-15/h4-13,16H,1-3H3,(H,19,20). The zero-order chi connectivity index (χ0) is 17.8. The second kappa shape index (κ2) is 7.05. The number of hydrogen-bond donors (Lipinski definition) is 1.